The average molecular weight is 274 g/mol. The Labute approximate surface area is 105 Å². The van der Waals surface area contributed by atoms with E-state index in [1.165, 1.54) is 6.20 Å². The van der Waals surface area contributed by atoms with Gasteiger partial charge in [0.1, 0.15) is 0 Å². The second-order valence-corrected chi connectivity index (χ2v) is 3.67. The first-order valence-corrected chi connectivity index (χ1v) is 5.38. The van der Waals surface area contributed by atoms with E-state index in [1.807, 2.05) is 0 Å². The van der Waals surface area contributed by atoms with Gasteiger partial charge in [-0.05, 0) is 6.42 Å². The molecule has 0 aliphatic rings. The van der Waals surface area contributed by atoms with Gasteiger partial charge in [-0.15, -0.1) is 10.2 Å². The molecule has 0 aromatic carbocycles. The van der Waals surface area contributed by atoms with Gasteiger partial charge in [-0.1, -0.05) is 23.8 Å². The summed E-state index contributed by atoms with van der Waals surface area (Å²) in [5, 5.41) is 13.4. The monoisotopic (exact) mass is 274 g/mol. The van der Waals surface area contributed by atoms with Crippen LogP contribution in [0.1, 0.15) is 24.7 Å². The lowest BCUT2D eigenvalue weighted by molar-refractivity contribution is -0.143. The van der Waals surface area contributed by atoms with Gasteiger partial charge in [0.2, 0.25) is 0 Å². The van der Waals surface area contributed by atoms with E-state index in [4.69, 9.17) is 0 Å². The van der Waals surface area contributed by atoms with E-state index >= 15 is 0 Å². The number of alkyl halides is 3. The van der Waals surface area contributed by atoms with Crippen molar-refractivity contribution in [2.24, 2.45) is 0 Å². The van der Waals surface area contributed by atoms with Gasteiger partial charge in [-0.2, -0.15) is 22.5 Å². The van der Waals surface area contributed by atoms with Crippen molar-refractivity contribution in [2.75, 3.05) is 0 Å². The van der Waals surface area contributed by atoms with Crippen LogP contribution < -0.4 is 0 Å². The molecule has 19 heavy (non-hydrogen) atoms. The first kappa shape index (κ1) is 13.2. The number of carbonyl (C=O) groups is 1. The lowest BCUT2D eigenvalue weighted by Crippen LogP contribution is -2.27. The van der Waals surface area contributed by atoms with E-state index in [-0.39, 0.29) is 16.8 Å². The minimum Gasteiger partial charge on any atom is -0.243 e. The van der Waals surface area contributed by atoms with Crippen LogP contribution in [0.5, 0.6) is 0 Å². The molecule has 0 spiro atoms. The number of hydrogen-bond acceptors (Lipinski definition) is 5. The molecule has 0 radical (unpaired) electrons. The van der Waals surface area contributed by atoms with Crippen LogP contribution in [-0.4, -0.2) is 36.0 Å². The normalized spacial score (nSPS) is 11.8. The summed E-state index contributed by atoms with van der Waals surface area (Å²) in [7, 11) is 0. The van der Waals surface area contributed by atoms with Crippen molar-refractivity contribution in [2.45, 2.75) is 25.9 Å². The van der Waals surface area contributed by atoms with Crippen molar-refractivity contribution >= 4 is 6.03 Å². The maximum absolute atomic E-state index is 13.0. The number of aryl methyl sites for hydroxylation is 1. The van der Waals surface area contributed by atoms with Crippen molar-refractivity contribution in [3.8, 4) is 0 Å². The van der Waals surface area contributed by atoms with Crippen molar-refractivity contribution in [3.05, 3.63) is 23.8 Å². The van der Waals surface area contributed by atoms with Crippen molar-refractivity contribution in [1.82, 2.24) is 30.0 Å². The summed E-state index contributed by atoms with van der Waals surface area (Å²) in [6.45, 7) is 1.71. The Hall–Kier alpha value is -2.26. The molecule has 0 aliphatic heterocycles. The van der Waals surface area contributed by atoms with Crippen LogP contribution >= 0.6 is 0 Å². The Kier molecular flexibility index (Phi) is 3.32. The zero-order valence-electron chi connectivity index (χ0n) is 9.79. The highest BCUT2D eigenvalue weighted by atomic mass is 19.4. The molecule has 0 amide bonds. The fourth-order valence-electron chi connectivity index (χ4n) is 1.54. The van der Waals surface area contributed by atoms with E-state index in [1.54, 1.807) is 6.92 Å². The fourth-order valence-corrected chi connectivity index (χ4v) is 1.54. The van der Waals surface area contributed by atoms with E-state index in [9.17, 15) is 18.0 Å². The van der Waals surface area contributed by atoms with Crippen molar-refractivity contribution < 1.29 is 18.0 Å². The molecule has 2 aromatic rings. The number of aromatic nitrogens is 6. The van der Waals surface area contributed by atoms with Crippen molar-refractivity contribution in [3.63, 3.8) is 0 Å². The Bertz CT molecular complexity index is 573. The number of rotatable bonds is 2. The molecule has 0 bridgehead atoms. The molecule has 0 saturated carbocycles. The van der Waals surface area contributed by atoms with E-state index in [0.29, 0.717) is 11.1 Å². The molecular weight excluding hydrogens is 265 g/mol. The SMILES string of the molecule is CCCc1nnn(C(=O)n2ccnn2)c1C(F)(F)F. The summed E-state index contributed by atoms with van der Waals surface area (Å²) < 4.78 is 39.8. The first-order valence-electron chi connectivity index (χ1n) is 5.38. The summed E-state index contributed by atoms with van der Waals surface area (Å²) in [4.78, 5) is 11.8. The van der Waals surface area contributed by atoms with Gasteiger partial charge in [-0.25, -0.2) is 4.79 Å². The lowest BCUT2D eigenvalue weighted by Gasteiger charge is -2.09. The molecule has 0 saturated heterocycles. The lowest BCUT2D eigenvalue weighted by atomic mass is 10.2. The van der Waals surface area contributed by atoms with Gasteiger partial charge in [-0.3, -0.25) is 0 Å². The highest BCUT2D eigenvalue weighted by molar-refractivity contribution is 5.78. The largest absolute Gasteiger partial charge is 0.435 e. The minimum atomic E-state index is -4.72. The summed E-state index contributed by atoms with van der Waals surface area (Å²) in [5.74, 6) is 0. The molecular formula is C9H9F3N6O. The smallest absolute Gasteiger partial charge is 0.243 e. The van der Waals surface area contributed by atoms with Gasteiger partial charge in [0.25, 0.3) is 0 Å². The average Bonchev–Trinajstić information content (AvgIpc) is 2.96. The third-order valence-electron chi connectivity index (χ3n) is 2.30. The molecule has 0 N–H and O–H groups in total. The molecule has 0 aliphatic carbocycles. The van der Waals surface area contributed by atoms with Crippen LogP contribution in [0.15, 0.2) is 12.4 Å². The summed E-state index contributed by atoms with van der Waals surface area (Å²) in [6, 6.07) is -1.08. The predicted octanol–water partition coefficient (Wildman–Crippen LogP) is 1.36. The highest BCUT2D eigenvalue weighted by Crippen LogP contribution is 2.31. The Balaban J connectivity index is 2.49. The van der Waals surface area contributed by atoms with Crippen LogP contribution in [0, 0.1) is 0 Å². The molecule has 2 aromatic heterocycles. The van der Waals surface area contributed by atoms with Crippen LogP contribution in [0.4, 0.5) is 18.0 Å². The molecule has 0 atom stereocenters. The van der Waals surface area contributed by atoms with Crippen LogP contribution in [0.25, 0.3) is 0 Å². The van der Waals surface area contributed by atoms with Gasteiger partial charge in [0, 0.05) is 0 Å². The van der Waals surface area contributed by atoms with Gasteiger partial charge in [0.15, 0.2) is 5.69 Å². The molecule has 0 fully saturated rings. The quantitative estimate of drug-likeness (QED) is 0.826. The summed E-state index contributed by atoms with van der Waals surface area (Å²) >= 11 is 0. The molecule has 7 nitrogen and oxygen atoms in total. The van der Waals surface area contributed by atoms with E-state index < -0.39 is 17.9 Å². The maximum Gasteiger partial charge on any atom is 0.435 e. The number of hydrogen-bond donors (Lipinski definition) is 0. The highest BCUT2D eigenvalue weighted by Gasteiger charge is 2.41. The zero-order valence-corrected chi connectivity index (χ0v) is 9.79. The van der Waals surface area contributed by atoms with Crippen molar-refractivity contribution in [1.29, 1.82) is 0 Å². The minimum absolute atomic E-state index is 0.0828. The molecule has 102 valence electrons. The third-order valence-corrected chi connectivity index (χ3v) is 2.30. The van der Waals surface area contributed by atoms with Gasteiger partial charge >= 0.3 is 12.2 Å². The van der Waals surface area contributed by atoms with E-state index in [0.717, 1.165) is 6.20 Å². The third kappa shape index (κ3) is 2.46. The Morgan fingerprint density at radius 3 is 2.63 bits per heavy atom. The number of halogens is 3. The number of nitrogens with zero attached hydrogens (tertiary/aromatic N) is 6. The Morgan fingerprint density at radius 1 is 1.37 bits per heavy atom. The van der Waals surface area contributed by atoms with Gasteiger partial charge in [0.05, 0.1) is 18.1 Å². The summed E-state index contributed by atoms with van der Waals surface area (Å²) in [6.07, 6.45) is -1.87. The van der Waals surface area contributed by atoms with Crippen LogP contribution in [-0.2, 0) is 12.6 Å². The number of carbonyl (C=O) groups excluding carboxylic acids is 1. The topological polar surface area (TPSA) is 78.5 Å². The molecule has 2 rings (SSSR count). The summed E-state index contributed by atoms with van der Waals surface area (Å²) in [5.41, 5.74) is -1.43. The molecule has 2 heterocycles. The second kappa shape index (κ2) is 4.78. The molecule has 0 unspecified atom stereocenters. The van der Waals surface area contributed by atoms with Gasteiger partial charge < -0.3 is 0 Å². The maximum atomic E-state index is 13.0. The van der Waals surface area contributed by atoms with Crippen LogP contribution in [0.3, 0.4) is 0 Å². The molecule has 10 heteroatoms. The zero-order chi connectivity index (χ0) is 14.0. The van der Waals surface area contributed by atoms with E-state index in [2.05, 4.69) is 20.6 Å². The fraction of sp³-hybridized carbons (Fsp3) is 0.444. The second-order valence-electron chi connectivity index (χ2n) is 3.67. The standard InChI is InChI=1S/C9H9F3N6O/c1-2-3-6-7(9(10,11)12)18(16-14-6)8(19)17-5-4-13-15-17/h4-5H,2-3H2,1H3. The Morgan fingerprint density at radius 2 is 2.11 bits per heavy atom. The first-order chi connectivity index (χ1) is 8.95. The predicted molar refractivity (Wildman–Crippen MR) is 55.2 cm³/mol. The van der Waals surface area contributed by atoms with Crippen LogP contribution in [0.2, 0.25) is 0 Å².